The highest BCUT2D eigenvalue weighted by Gasteiger charge is 2.33. The zero-order valence-corrected chi connectivity index (χ0v) is 12.6. The average Bonchev–Trinajstić information content (AvgIpc) is 2.67. The van der Waals surface area contributed by atoms with Crippen LogP contribution in [0.5, 0.6) is 0 Å². The summed E-state index contributed by atoms with van der Waals surface area (Å²) in [5.74, 6) is 0.551. The Morgan fingerprint density at radius 1 is 1.29 bits per heavy atom. The monoisotopic (exact) mass is 301 g/mol. The van der Waals surface area contributed by atoms with E-state index in [2.05, 4.69) is 29.5 Å². The van der Waals surface area contributed by atoms with Crippen LogP contribution in [-0.4, -0.2) is 17.6 Å². The predicted molar refractivity (Wildman–Crippen MR) is 78.4 cm³/mol. The number of nitrogens with one attached hydrogen (secondary N) is 2. The highest BCUT2D eigenvalue weighted by molar-refractivity contribution is 5.50. The molecule has 1 aliphatic carbocycles. The largest absolute Gasteiger partial charge is 0.416 e. The molecule has 1 unspecified atom stereocenters. The molecule has 1 atom stereocenters. The normalized spacial score (nSPS) is 21.3. The maximum absolute atomic E-state index is 12.9. The third-order valence-corrected chi connectivity index (χ3v) is 3.83. The Bertz CT molecular complexity index is 497. The van der Waals surface area contributed by atoms with Crippen molar-refractivity contribution in [2.45, 2.75) is 52.3 Å². The van der Waals surface area contributed by atoms with Crippen molar-refractivity contribution >= 4 is 11.6 Å². The highest BCUT2D eigenvalue weighted by atomic mass is 19.4. The molecule has 0 spiro atoms. The van der Waals surface area contributed by atoms with E-state index in [9.17, 15) is 13.2 Å². The summed E-state index contributed by atoms with van der Waals surface area (Å²) in [6.07, 6.45) is -1.38. The second kappa shape index (κ2) is 5.73. The molecular formula is C15H22F3N3. The lowest BCUT2D eigenvalue weighted by molar-refractivity contribution is -0.137. The van der Waals surface area contributed by atoms with Crippen LogP contribution in [0.3, 0.4) is 0 Å². The third-order valence-electron chi connectivity index (χ3n) is 3.83. The van der Waals surface area contributed by atoms with Gasteiger partial charge in [0.15, 0.2) is 0 Å². The summed E-state index contributed by atoms with van der Waals surface area (Å²) in [6.45, 7) is 6.72. The molecular weight excluding hydrogens is 279 g/mol. The number of hydrogen-bond acceptors (Lipinski definition) is 3. The summed E-state index contributed by atoms with van der Waals surface area (Å²) in [7, 11) is 0. The van der Waals surface area contributed by atoms with E-state index < -0.39 is 11.7 Å². The van der Waals surface area contributed by atoms with E-state index >= 15 is 0 Å². The summed E-state index contributed by atoms with van der Waals surface area (Å²) in [6, 6.07) is 2.32. The van der Waals surface area contributed by atoms with Gasteiger partial charge in [-0.05, 0) is 43.7 Å². The molecule has 1 fully saturated rings. The van der Waals surface area contributed by atoms with Gasteiger partial charge < -0.3 is 10.6 Å². The summed E-state index contributed by atoms with van der Waals surface area (Å²) in [5.41, 5.74) is -0.433. The molecule has 6 heteroatoms. The molecule has 0 bridgehead atoms. The molecule has 21 heavy (non-hydrogen) atoms. The minimum absolute atomic E-state index is 0.186. The van der Waals surface area contributed by atoms with Gasteiger partial charge in [-0.3, -0.25) is 0 Å². The molecule has 1 aromatic heterocycles. The molecule has 1 saturated carbocycles. The molecule has 0 saturated heterocycles. The minimum atomic E-state index is -4.36. The van der Waals surface area contributed by atoms with Crippen molar-refractivity contribution in [3.8, 4) is 0 Å². The van der Waals surface area contributed by atoms with Crippen molar-refractivity contribution in [1.29, 1.82) is 0 Å². The molecule has 2 rings (SSSR count). The van der Waals surface area contributed by atoms with E-state index in [-0.39, 0.29) is 17.3 Å². The van der Waals surface area contributed by atoms with Crippen LogP contribution in [0.15, 0.2) is 12.1 Å². The smallest absolute Gasteiger partial charge is 0.370 e. The van der Waals surface area contributed by atoms with E-state index in [1.165, 1.54) is 0 Å². The van der Waals surface area contributed by atoms with Crippen molar-refractivity contribution < 1.29 is 13.2 Å². The van der Waals surface area contributed by atoms with Crippen LogP contribution >= 0.6 is 0 Å². The Balaban J connectivity index is 2.20. The maximum atomic E-state index is 12.9. The Labute approximate surface area is 123 Å². The first kappa shape index (κ1) is 15.9. The Morgan fingerprint density at radius 2 is 1.95 bits per heavy atom. The van der Waals surface area contributed by atoms with Gasteiger partial charge in [0.25, 0.3) is 0 Å². The zero-order valence-electron chi connectivity index (χ0n) is 12.6. The van der Waals surface area contributed by atoms with Crippen LogP contribution in [-0.2, 0) is 6.18 Å². The van der Waals surface area contributed by atoms with Crippen LogP contribution < -0.4 is 10.6 Å². The lowest BCUT2D eigenvalue weighted by Crippen LogP contribution is -2.19. The van der Waals surface area contributed by atoms with E-state index in [1.54, 1.807) is 0 Å². The van der Waals surface area contributed by atoms with Gasteiger partial charge in [-0.15, -0.1) is 0 Å². The van der Waals surface area contributed by atoms with Gasteiger partial charge in [0.05, 0.1) is 5.56 Å². The van der Waals surface area contributed by atoms with Crippen LogP contribution in [0.2, 0.25) is 0 Å². The second-order valence-corrected chi connectivity index (χ2v) is 6.40. The first-order valence-electron chi connectivity index (χ1n) is 7.29. The molecule has 1 heterocycles. The van der Waals surface area contributed by atoms with E-state index in [1.807, 2.05) is 6.92 Å². The molecule has 1 aromatic rings. The number of alkyl halides is 3. The SMILES string of the molecule is CCNc1cc(C(F)(F)F)cc(NC2CCC(C)(C)C2)n1. The first-order valence-corrected chi connectivity index (χ1v) is 7.29. The van der Waals surface area contributed by atoms with Crippen molar-refractivity contribution in [2.75, 3.05) is 17.2 Å². The average molecular weight is 301 g/mol. The maximum Gasteiger partial charge on any atom is 0.416 e. The summed E-state index contributed by atoms with van der Waals surface area (Å²) < 4.78 is 38.8. The number of aromatic nitrogens is 1. The quantitative estimate of drug-likeness (QED) is 0.858. The number of hydrogen-bond donors (Lipinski definition) is 2. The van der Waals surface area contributed by atoms with Gasteiger partial charge in [-0.1, -0.05) is 13.8 Å². The molecule has 0 aromatic carbocycles. The third kappa shape index (κ3) is 4.25. The fourth-order valence-electron chi connectivity index (χ4n) is 2.81. The lowest BCUT2D eigenvalue weighted by atomic mass is 9.92. The van der Waals surface area contributed by atoms with E-state index in [0.29, 0.717) is 12.4 Å². The van der Waals surface area contributed by atoms with Crippen LogP contribution in [0.25, 0.3) is 0 Å². The van der Waals surface area contributed by atoms with Gasteiger partial charge in [0.1, 0.15) is 11.6 Å². The number of rotatable bonds is 4. The molecule has 1 aliphatic rings. The summed E-state index contributed by atoms with van der Waals surface area (Å²) >= 11 is 0. The fraction of sp³-hybridized carbons (Fsp3) is 0.667. The standard InChI is InChI=1S/C15H22F3N3/c1-4-19-12-7-10(15(16,17)18)8-13(21-12)20-11-5-6-14(2,3)9-11/h7-8,11H,4-6,9H2,1-3H3,(H2,19,20,21). The molecule has 0 radical (unpaired) electrons. The van der Waals surface area contributed by atoms with Crippen molar-refractivity contribution in [3.05, 3.63) is 17.7 Å². The number of halogens is 3. The topological polar surface area (TPSA) is 37.0 Å². The lowest BCUT2D eigenvalue weighted by Gasteiger charge is -2.19. The van der Waals surface area contributed by atoms with Gasteiger partial charge in [0.2, 0.25) is 0 Å². The summed E-state index contributed by atoms with van der Waals surface area (Å²) in [4.78, 5) is 4.23. The summed E-state index contributed by atoms with van der Waals surface area (Å²) in [5, 5.41) is 6.01. The second-order valence-electron chi connectivity index (χ2n) is 6.40. The van der Waals surface area contributed by atoms with Crippen LogP contribution in [0, 0.1) is 5.41 Å². The van der Waals surface area contributed by atoms with E-state index in [0.717, 1.165) is 31.4 Å². The minimum Gasteiger partial charge on any atom is -0.370 e. The zero-order chi connectivity index (χ0) is 15.7. The fourth-order valence-corrected chi connectivity index (χ4v) is 2.81. The van der Waals surface area contributed by atoms with Gasteiger partial charge in [-0.2, -0.15) is 13.2 Å². The van der Waals surface area contributed by atoms with Crippen LogP contribution in [0.1, 0.15) is 45.6 Å². The molecule has 0 amide bonds. The number of pyridine rings is 1. The van der Waals surface area contributed by atoms with Crippen molar-refractivity contribution in [1.82, 2.24) is 4.98 Å². The molecule has 2 N–H and O–H groups in total. The van der Waals surface area contributed by atoms with Gasteiger partial charge in [0, 0.05) is 12.6 Å². The van der Waals surface area contributed by atoms with Gasteiger partial charge >= 0.3 is 6.18 Å². The Kier molecular flexibility index (Phi) is 4.35. The van der Waals surface area contributed by atoms with Crippen molar-refractivity contribution in [3.63, 3.8) is 0 Å². The Hall–Kier alpha value is -1.46. The highest BCUT2D eigenvalue weighted by Crippen LogP contribution is 2.39. The number of nitrogens with zero attached hydrogens (tertiary/aromatic N) is 1. The van der Waals surface area contributed by atoms with Crippen molar-refractivity contribution in [2.24, 2.45) is 5.41 Å². The molecule has 0 aliphatic heterocycles. The van der Waals surface area contributed by atoms with Crippen LogP contribution in [0.4, 0.5) is 24.8 Å². The molecule has 118 valence electrons. The first-order chi connectivity index (χ1) is 9.69. The predicted octanol–water partition coefficient (Wildman–Crippen LogP) is 4.52. The van der Waals surface area contributed by atoms with Gasteiger partial charge in [-0.25, -0.2) is 4.98 Å². The molecule has 3 nitrogen and oxygen atoms in total. The number of anilines is 2. The van der Waals surface area contributed by atoms with E-state index in [4.69, 9.17) is 0 Å². The Morgan fingerprint density at radius 3 is 2.48 bits per heavy atom.